The monoisotopic (exact) mass is 339 g/mol. The quantitative estimate of drug-likeness (QED) is 0.869. The maximum atomic E-state index is 12.4. The van der Waals surface area contributed by atoms with E-state index in [0.717, 1.165) is 11.3 Å². The molecule has 1 aromatic heterocycles. The first kappa shape index (κ1) is 16.6. The number of carbonyl (C=O) groups is 1. The molecule has 2 rings (SSSR count). The van der Waals surface area contributed by atoms with Gasteiger partial charge in [0, 0.05) is 17.0 Å². The summed E-state index contributed by atoms with van der Waals surface area (Å²) < 4.78 is 10.4. The summed E-state index contributed by atoms with van der Waals surface area (Å²) in [5.74, 6) is 0.799. The molecule has 0 saturated heterocycles. The molecule has 0 fully saturated rings. The molecule has 0 bridgehead atoms. The molecular weight excluding hydrogens is 322 g/mol. The number of hydrogen-bond acceptors (Lipinski definition) is 4. The fourth-order valence-electron chi connectivity index (χ4n) is 2.12. The van der Waals surface area contributed by atoms with Crippen molar-refractivity contribution < 1.29 is 14.3 Å². The summed E-state index contributed by atoms with van der Waals surface area (Å²) in [6.45, 7) is 4.09. The van der Waals surface area contributed by atoms with E-state index in [1.807, 2.05) is 13.0 Å². The lowest BCUT2D eigenvalue weighted by atomic mass is 10.2. The second kappa shape index (κ2) is 7.03. The van der Waals surface area contributed by atoms with E-state index >= 15 is 0 Å². The third-order valence-corrected chi connectivity index (χ3v) is 4.73. The molecular formula is C16H18ClNO3S. The van der Waals surface area contributed by atoms with Gasteiger partial charge < -0.3 is 14.8 Å². The van der Waals surface area contributed by atoms with Gasteiger partial charge in [-0.2, -0.15) is 0 Å². The average molecular weight is 340 g/mol. The van der Waals surface area contributed by atoms with Gasteiger partial charge in [-0.05, 0) is 25.0 Å². The SMILES string of the molecule is CCc1cc(C(=O)Nc2cc(OC)c(Cl)cc2OC)sc1C. The predicted octanol–water partition coefficient (Wildman–Crippen LogP) is 4.54. The molecule has 6 heteroatoms. The van der Waals surface area contributed by atoms with E-state index < -0.39 is 0 Å². The number of aryl methyl sites for hydroxylation is 2. The van der Waals surface area contributed by atoms with Crippen LogP contribution in [0.2, 0.25) is 5.02 Å². The van der Waals surface area contributed by atoms with Gasteiger partial charge in [0.05, 0.1) is 29.8 Å². The smallest absolute Gasteiger partial charge is 0.265 e. The first-order valence-electron chi connectivity index (χ1n) is 6.82. The zero-order valence-corrected chi connectivity index (χ0v) is 14.5. The number of ether oxygens (including phenoxy) is 2. The maximum absolute atomic E-state index is 12.4. The molecule has 1 amide bonds. The Morgan fingerprint density at radius 3 is 2.45 bits per heavy atom. The maximum Gasteiger partial charge on any atom is 0.265 e. The molecule has 0 atom stereocenters. The Hall–Kier alpha value is -1.72. The Bertz CT molecular complexity index is 697. The van der Waals surface area contributed by atoms with Gasteiger partial charge in [0.15, 0.2) is 0 Å². The highest BCUT2D eigenvalue weighted by molar-refractivity contribution is 7.14. The lowest BCUT2D eigenvalue weighted by Gasteiger charge is -2.12. The van der Waals surface area contributed by atoms with Crippen molar-refractivity contribution in [3.63, 3.8) is 0 Å². The molecule has 0 radical (unpaired) electrons. The number of amides is 1. The molecule has 4 nitrogen and oxygen atoms in total. The first-order chi connectivity index (χ1) is 10.5. The molecule has 0 aliphatic heterocycles. The topological polar surface area (TPSA) is 47.6 Å². The minimum Gasteiger partial charge on any atom is -0.495 e. The van der Waals surface area contributed by atoms with Crippen molar-refractivity contribution in [2.24, 2.45) is 0 Å². The number of methoxy groups -OCH3 is 2. The Kier molecular flexibility index (Phi) is 5.32. The zero-order valence-electron chi connectivity index (χ0n) is 13.0. The lowest BCUT2D eigenvalue weighted by Crippen LogP contribution is -2.11. The summed E-state index contributed by atoms with van der Waals surface area (Å²) in [5.41, 5.74) is 1.72. The summed E-state index contributed by atoms with van der Waals surface area (Å²) >= 11 is 7.54. The van der Waals surface area contributed by atoms with Crippen molar-refractivity contribution >= 4 is 34.5 Å². The number of benzene rings is 1. The van der Waals surface area contributed by atoms with Crippen LogP contribution in [0.1, 0.15) is 27.0 Å². The molecule has 0 aliphatic rings. The van der Waals surface area contributed by atoms with Gasteiger partial charge in [-0.1, -0.05) is 18.5 Å². The average Bonchev–Trinajstić information content (AvgIpc) is 2.89. The summed E-state index contributed by atoms with van der Waals surface area (Å²) in [6.07, 6.45) is 0.910. The molecule has 0 spiro atoms. The number of anilines is 1. The van der Waals surface area contributed by atoms with Crippen molar-refractivity contribution in [2.45, 2.75) is 20.3 Å². The van der Waals surface area contributed by atoms with Crippen LogP contribution in [0.3, 0.4) is 0 Å². The van der Waals surface area contributed by atoms with Crippen LogP contribution in [0, 0.1) is 6.92 Å². The van der Waals surface area contributed by atoms with Crippen LogP contribution in [-0.2, 0) is 6.42 Å². The van der Waals surface area contributed by atoms with Crippen molar-refractivity contribution in [1.82, 2.24) is 0 Å². The van der Waals surface area contributed by atoms with Crippen molar-refractivity contribution in [3.8, 4) is 11.5 Å². The minimum atomic E-state index is -0.171. The molecule has 1 heterocycles. The van der Waals surface area contributed by atoms with Gasteiger partial charge in [0.25, 0.3) is 5.91 Å². The number of nitrogens with one attached hydrogen (secondary N) is 1. The molecule has 0 aliphatic carbocycles. The van der Waals surface area contributed by atoms with Crippen molar-refractivity contribution in [1.29, 1.82) is 0 Å². The van der Waals surface area contributed by atoms with Crippen LogP contribution in [0.5, 0.6) is 11.5 Å². The summed E-state index contributed by atoms with van der Waals surface area (Å²) in [7, 11) is 3.05. The molecule has 22 heavy (non-hydrogen) atoms. The highest BCUT2D eigenvalue weighted by atomic mass is 35.5. The largest absolute Gasteiger partial charge is 0.495 e. The number of halogens is 1. The zero-order chi connectivity index (χ0) is 16.3. The number of rotatable bonds is 5. The Morgan fingerprint density at radius 2 is 1.91 bits per heavy atom. The van der Waals surface area contributed by atoms with Crippen LogP contribution in [0.4, 0.5) is 5.69 Å². The van der Waals surface area contributed by atoms with Crippen LogP contribution in [0.25, 0.3) is 0 Å². The molecule has 118 valence electrons. The van der Waals surface area contributed by atoms with Crippen LogP contribution in [-0.4, -0.2) is 20.1 Å². The van der Waals surface area contributed by atoms with Gasteiger partial charge in [0.1, 0.15) is 11.5 Å². The molecule has 0 unspecified atom stereocenters. The van der Waals surface area contributed by atoms with Gasteiger partial charge in [-0.15, -0.1) is 11.3 Å². The van der Waals surface area contributed by atoms with Crippen molar-refractivity contribution in [3.05, 3.63) is 38.5 Å². The molecule has 1 aromatic carbocycles. The highest BCUT2D eigenvalue weighted by Crippen LogP contribution is 2.36. The molecule has 1 N–H and O–H groups in total. The predicted molar refractivity (Wildman–Crippen MR) is 90.9 cm³/mol. The second-order valence-electron chi connectivity index (χ2n) is 4.69. The van der Waals surface area contributed by atoms with E-state index in [1.54, 1.807) is 12.1 Å². The van der Waals surface area contributed by atoms with E-state index in [2.05, 4.69) is 12.2 Å². The standard InChI is InChI=1S/C16H18ClNO3S/c1-5-10-6-15(22-9(10)2)16(19)18-12-8-13(20-3)11(17)7-14(12)21-4/h6-8H,5H2,1-4H3,(H,18,19). The molecule has 0 saturated carbocycles. The van der Waals surface area contributed by atoms with Crippen LogP contribution in [0.15, 0.2) is 18.2 Å². The fourth-order valence-corrected chi connectivity index (χ4v) is 3.36. The van der Waals surface area contributed by atoms with Gasteiger partial charge >= 0.3 is 0 Å². The van der Waals surface area contributed by atoms with Gasteiger partial charge in [-0.25, -0.2) is 0 Å². The molecule has 2 aromatic rings. The normalized spacial score (nSPS) is 10.4. The lowest BCUT2D eigenvalue weighted by molar-refractivity contribution is 0.103. The van der Waals surface area contributed by atoms with E-state index in [9.17, 15) is 4.79 Å². The van der Waals surface area contributed by atoms with E-state index in [4.69, 9.17) is 21.1 Å². The Balaban J connectivity index is 2.30. The number of thiophene rings is 1. The number of hydrogen-bond donors (Lipinski definition) is 1. The summed E-state index contributed by atoms with van der Waals surface area (Å²) in [5, 5.41) is 3.28. The van der Waals surface area contributed by atoms with Gasteiger partial charge in [-0.3, -0.25) is 4.79 Å². The summed E-state index contributed by atoms with van der Waals surface area (Å²) in [4.78, 5) is 14.3. The third kappa shape index (κ3) is 3.36. The van der Waals surface area contributed by atoms with Crippen LogP contribution < -0.4 is 14.8 Å². The van der Waals surface area contributed by atoms with E-state index in [0.29, 0.717) is 27.1 Å². The fraction of sp³-hybridized carbons (Fsp3) is 0.312. The number of carbonyl (C=O) groups excluding carboxylic acids is 1. The third-order valence-electron chi connectivity index (χ3n) is 3.35. The van der Waals surface area contributed by atoms with Crippen LogP contribution >= 0.6 is 22.9 Å². The first-order valence-corrected chi connectivity index (χ1v) is 8.01. The van der Waals surface area contributed by atoms with Crippen molar-refractivity contribution in [2.75, 3.05) is 19.5 Å². The minimum absolute atomic E-state index is 0.171. The van der Waals surface area contributed by atoms with Gasteiger partial charge in [0.2, 0.25) is 0 Å². The second-order valence-corrected chi connectivity index (χ2v) is 6.35. The van der Waals surface area contributed by atoms with E-state index in [1.165, 1.54) is 31.1 Å². The van der Waals surface area contributed by atoms with E-state index in [-0.39, 0.29) is 5.91 Å². The Labute approximate surface area is 139 Å². The highest BCUT2D eigenvalue weighted by Gasteiger charge is 2.16. The summed E-state index contributed by atoms with van der Waals surface area (Å²) in [6, 6.07) is 5.20. The Morgan fingerprint density at radius 1 is 1.23 bits per heavy atom.